The fourth-order valence-electron chi connectivity index (χ4n) is 2.72. The Morgan fingerprint density at radius 2 is 2.08 bits per heavy atom. The van der Waals surface area contributed by atoms with Crippen LogP contribution in [0.3, 0.4) is 0 Å². The van der Waals surface area contributed by atoms with Crippen LogP contribution >= 0.6 is 0 Å². The number of benzene rings is 2. The van der Waals surface area contributed by atoms with Gasteiger partial charge in [0.2, 0.25) is 5.95 Å². The second kappa shape index (κ2) is 6.53. The van der Waals surface area contributed by atoms with Crippen molar-refractivity contribution in [1.29, 1.82) is 5.26 Å². The lowest BCUT2D eigenvalue weighted by molar-refractivity contribution is 0.810. The van der Waals surface area contributed by atoms with Gasteiger partial charge in [-0.1, -0.05) is 18.2 Å². The number of nitrogens with zero attached hydrogens (tertiary/aromatic N) is 4. The second-order valence-corrected chi connectivity index (χ2v) is 5.69. The van der Waals surface area contributed by atoms with Crippen molar-refractivity contribution in [3.63, 3.8) is 0 Å². The van der Waals surface area contributed by atoms with Crippen LogP contribution in [0, 0.1) is 11.3 Å². The maximum Gasteiger partial charge on any atom is 0.260 e. The Labute approximate surface area is 148 Å². The molecule has 0 aliphatic rings. The van der Waals surface area contributed by atoms with Crippen LogP contribution in [-0.2, 0) is 6.54 Å². The maximum atomic E-state index is 12.4. The van der Waals surface area contributed by atoms with E-state index in [-0.39, 0.29) is 5.56 Å². The van der Waals surface area contributed by atoms with Crippen LogP contribution in [0.2, 0.25) is 0 Å². The van der Waals surface area contributed by atoms with Crippen molar-refractivity contribution in [2.24, 2.45) is 0 Å². The molecule has 7 nitrogen and oxygen atoms in total. The van der Waals surface area contributed by atoms with Gasteiger partial charge in [0.05, 0.1) is 22.5 Å². The van der Waals surface area contributed by atoms with E-state index in [1.54, 1.807) is 36.7 Å². The first kappa shape index (κ1) is 15.6. The van der Waals surface area contributed by atoms with E-state index in [4.69, 9.17) is 5.26 Å². The summed E-state index contributed by atoms with van der Waals surface area (Å²) in [5.41, 5.74) is 2.66. The van der Waals surface area contributed by atoms with Gasteiger partial charge >= 0.3 is 0 Å². The third-order valence-electron chi connectivity index (χ3n) is 4.04. The smallest absolute Gasteiger partial charge is 0.260 e. The topological polar surface area (TPSA) is 99.4 Å². The minimum Gasteiger partial charge on any atom is -0.381 e. The number of hydrogen-bond acceptors (Lipinski definition) is 5. The van der Waals surface area contributed by atoms with E-state index < -0.39 is 0 Å². The minimum atomic E-state index is -0.235. The Bertz CT molecular complexity index is 1170. The first-order valence-electron chi connectivity index (χ1n) is 8.00. The molecule has 0 bridgehead atoms. The molecule has 2 aromatic carbocycles. The van der Waals surface area contributed by atoms with Gasteiger partial charge in [-0.25, -0.2) is 9.67 Å². The molecule has 126 valence electrons. The number of hydrogen-bond donors (Lipinski definition) is 2. The van der Waals surface area contributed by atoms with E-state index in [0.29, 0.717) is 29.0 Å². The van der Waals surface area contributed by atoms with Crippen LogP contribution in [0.15, 0.2) is 65.7 Å². The van der Waals surface area contributed by atoms with E-state index in [0.717, 1.165) is 11.3 Å². The summed E-state index contributed by atoms with van der Waals surface area (Å²) < 4.78 is 1.51. The van der Waals surface area contributed by atoms with Gasteiger partial charge in [0.25, 0.3) is 5.56 Å². The highest BCUT2D eigenvalue weighted by Crippen LogP contribution is 2.17. The van der Waals surface area contributed by atoms with Gasteiger partial charge < -0.3 is 5.32 Å². The first-order chi connectivity index (χ1) is 12.7. The summed E-state index contributed by atoms with van der Waals surface area (Å²) in [6.45, 7) is 0.492. The summed E-state index contributed by atoms with van der Waals surface area (Å²) in [6.07, 6.45) is 3.34. The fourth-order valence-corrected chi connectivity index (χ4v) is 2.72. The lowest BCUT2D eigenvalue weighted by Gasteiger charge is -2.09. The Morgan fingerprint density at radius 3 is 2.88 bits per heavy atom. The molecule has 7 heteroatoms. The standard InChI is InChI=1S/C19H14N6O/c20-11-13-4-1-2-5-14(13)12-21-15-6-7-17-16(10-15)18(26)24-19(23-17)25-9-3-8-22-25/h1-10,21H,12H2,(H,23,24,26). The number of fused-ring (bicyclic) bond motifs is 1. The Hall–Kier alpha value is -3.92. The van der Waals surface area contributed by atoms with E-state index >= 15 is 0 Å². The lowest BCUT2D eigenvalue weighted by Crippen LogP contribution is -2.14. The zero-order chi connectivity index (χ0) is 17.9. The molecule has 0 radical (unpaired) electrons. The van der Waals surface area contributed by atoms with Crippen molar-refractivity contribution >= 4 is 16.6 Å². The Morgan fingerprint density at radius 1 is 1.19 bits per heavy atom. The van der Waals surface area contributed by atoms with Gasteiger partial charge in [-0.15, -0.1) is 0 Å². The molecular formula is C19H14N6O. The third-order valence-corrected chi connectivity index (χ3v) is 4.04. The highest BCUT2D eigenvalue weighted by atomic mass is 16.1. The zero-order valence-electron chi connectivity index (χ0n) is 13.7. The van der Waals surface area contributed by atoms with Crippen molar-refractivity contribution < 1.29 is 0 Å². The molecule has 2 aromatic heterocycles. The zero-order valence-corrected chi connectivity index (χ0v) is 13.7. The third kappa shape index (κ3) is 2.91. The molecule has 0 atom stereocenters. The Kier molecular flexibility index (Phi) is 3.92. The predicted octanol–water partition coefficient (Wildman–Crippen LogP) is 2.59. The summed E-state index contributed by atoms with van der Waals surface area (Å²) in [4.78, 5) is 19.6. The molecule has 26 heavy (non-hydrogen) atoms. The number of aromatic nitrogens is 4. The normalized spacial score (nSPS) is 10.6. The largest absolute Gasteiger partial charge is 0.381 e. The molecule has 0 saturated heterocycles. The molecule has 4 rings (SSSR count). The number of H-pyrrole nitrogens is 1. The van der Waals surface area contributed by atoms with Crippen LogP contribution in [-0.4, -0.2) is 19.7 Å². The summed E-state index contributed by atoms with van der Waals surface area (Å²) >= 11 is 0. The molecule has 2 heterocycles. The number of rotatable bonds is 4. The van der Waals surface area contributed by atoms with Crippen LogP contribution in [0.5, 0.6) is 0 Å². The molecular weight excluding hydrogens is 328 g/mol. The lowest BCUT2D eigenvalue weighted by atomic mass is 10.1. The van der Waals surface area contributed by atoms with Crippen molar-refractivity contribution in [1.82, 2.24) is 19.7 Å². The average molecular weight is 342 g/mol. The molecule has 0 fully saturated rings. The van der Waals surface area contributed by atoms with Crippen molar-refractivity contribution in [3.05, 3.63) is 82.4 Å². The molecule has 0 aliphatic carbocycles. The van der Waals surface area contributed by atoms with E-state index in [1.807, 2.05) is 24.3 Å². The van der Waals surface area contributed by atoms with Gasteiger partial charge in [0.15, 0.2) is 0 Å². The number of aromatic amines is 1. The number of nitriles is 1. The molecule has 0 amide bonds. The fraction of sp³-hybridized carbons (Fsp3) is 0.0526. The predicted molar refractivity (Wildman–Crippen MR) is 98.0 cm³/mol. The molecule has 4 aromatic rings. The summed E-state index contributed by atoms with van der Waals surface area (Å²) in [5.74, 6) is 0.371. The van der Waals surface area contributed by atoms with Crippen LogP contribution in [0.25, 0.3) is 16.9 Å². The molecule has 0 spiro atoms. The SMILES string of the molecule is N#Cc1ccccc1CNc1ccc2nc(-n3cccn3)[nH]c(=O)c2c1. The Balaban J connectivity index is 1.64. The van der Waals surface area contributed by atoms with Gasteiger partial charge in [0, 0.05) is 24.6 Å². The quantitative estimate of drug-likeness (QED) is 0.594. The van der Waals surface area contributed by atoms with Crippen LogP contribution < -0.4 is 10.9 Å². The van der Waals surface area contributed by atoms with Gasteiger partial charge in [-0.2, -0.15) is 10.4 Å². The minimum absolute atomic E-state index is 0.235. The van der Waals surface area contributed by atoms with Gasteiger partial charge in [0.1, 0.15) is 0 Å². The number of anilines is 1. The van der Waals surface area contributed by atoms with Crippen LogP contribution in [0.4, 0.5) is 5.69 Å². The van der Waals surface area contributed by atoms with Crippen molar-refractivity contribution in [2.75, 3.05) is 5.32 Å². The summed E-state index contributed by atoms with van der Waals surface area (Å²) in [5, 5.41) is 17.0. The molecule has 0 aliphatic heterocycles. The van der Waals surface area contributed by atoms with Gasteiger partial charge in [-0.05, 0) is 35.9 Å². The second-order valence-electron chi connectivity index (χ2n) is 5.69. The molecule has 2 N–H and O–H groups in total. The summed E-state index contributed by atoms with van der Waals surface area (Å²) in [7, 11) is 0. The van der Waals surface area contributed by atoms with E-state index in [1.165, 1.54) is 4.68 Å². The first-order valence-corrected chi connectivity index (χ1v) is 8.00. The monoisotopic (exact) mass is 342 g/mol. The number of nitrogens with one attached hydrogen (secondary N) is 2. The van der Waals surface area contributed by atoms with Gasteiger partial charge in [-0.3, -0.25) is 9.78 Å². The van der Waals surface area contributed by atoms with E-state index in [9.17, 15) is 4.79 Å². The molecule has 0 saturated carbocycles. The molecule has 0 unspecified atom stereocenters. The highest BCUT2D eigenvalue weighted by Gasteiger charge is 2.07. The van der Waals surface area contributed by atoms with Crippen LogP contribution in [0.1, 0.15) is 11.1 Å². The van der Waals surface area contributed by atoms with Crippen molar-refractivity contribution in [3.8, 4) is 12.0 Å². The highest BCUT2D eigenvalue weighted by molar-refractivity contribution is 5.81. The van der Waals surface area contributed by atoms with E-state index in [2.05, 4.69) is 26.5 Å². The summed E-state index contributed by atoms with van der Waals surface area (Å²) in [6, 6.07) is 16.7. The average Bonchev–Trinajstić information content (AvgIpc) is 3.21. The van der Waals surface area contributed by atoms with Crippen molar-refractivity contribution in [2.45, 2.75) is 6.54 Å². The maximum absolute atomic E-state index is 12.4.